The van der Waals surface area contributed by atoms with Crippen molar-refractivity contribution >= 4 is 27.6 Å². The lowest BCUT2D eigenvalue weighted by molar-refractivity contribution is 0.0593. The van der Waals surface area contributed by atoms with Crippen LogP contribution in [0.3, 0.4) is 0 Å². The van der Waals surface area contributed by atoms with Crippen molar-refractivity contribution < 1.29 is 13.9 Å². The quantitative estimate of drug-likeness (QED) is 0.843. The first-order valence-electron chi connectivity index (χ1n) is 5.86. The molecule has 0 aliphatic heterocycles. The van der Waals surface area contributed by atoms with Crippen LogP contribution < -0.4 is 5.73 Å². The molecule has 0 atom stereocenters. The summed E-state index contributed by atoms with van der Waals surface area (Å²) >= 11 is 3.27. The molecule has 0 unspecified atom stereocenters. The van der Waals surface area contributed by atoms with Crippen LogP contribution in [0.25, 0.3) is 5.69 Å². The van der Waals surface area contributed by atoms with Gasteiger partial charge in [0.25, 0.3) is 0 Å². The van der Waals surface area contributed by atoms with E-state index in [4.69, 9.17) is 11.0 Å². The summed E-state index contributed by atoms with van der Waals surface area (Å²) in [6.07, 6.45) is 1.31. The van der Waals surface area contributed by atoms with Crippen LogP contribution in [0, 0.1) is 24.1 Å². The normalized spacial score (nSPS) is 10.2. The topological polar surface area (TPSA) is 81.0 Å². The molecule has 0 radical (unpaired) electrons. The number of aryl methyl sites for hydroxylation is 1. The lowest BCUT2D eigenvalue weighted by Gasteiger charge is -2.11. The summed E-state index contributed by atoms with van der Waals surface area (Å²) in [5.41, 5.74) is 6.23. The zero-order valence-corrected chi connectivity index (χ0v) is 12.9. The van der Waals surface area contributed by atoms with Gasteiger partial charge in [-0.1, -0.05) is 15.9 Å². The minimum Gasteiger partial charge on any atom is -0.464 e. The molecule has 108 valence electrons. The summed E-state index contributed by atoms with van der Waals surface area (Å²) in [6, 6.07) is 4.97. The highest BCUT2D eigenvalue weighted by molar-refractivity contribution is 9.10. The number of esters is 1. The van der Waals surface area contributed by atoms with E-state index in [-0.39, 0.29) is 22.6 Å². The number of ether oxygens (including phenoxy) is 1. The predicted molar refractivity (Wildman–Crippen MR) is 78.6 cm³/mol. The van der Waals surface area contributed by atoms with Crippen LogP contribution in [0.5, 0.6) is 0 Å². The number of nitrogens with two attached hydrogens (primary N) is 1. The van der Waals surface area contributed by atoms with Crippen molar-refractivity contribution in [2.45, 2.75) is 6.92 Å². The molecular formula is C14H11BrFN3O2. The number of halogens is 2. The molecule has 5 nitrogen and oxygen atoms in total. The van der Waals surface area contributed by atoms with Crippen LogP contribution in [0.1, 0.15) is 21.6 Å². The molecule has 2 N–H and O–H groups in total. The Hall–Kier alpha value is -2.33. The summed E-state index contributed by atoms with van der Waals surface area (Å²) in [6.45, 7) is 1.60. The van der Waals surface area contributed by atoms with Crippen molar-refractivity contribution in [1.29, 1.82) is 5.26 Å². The van der Waals surface area contributed by atoms with Gasteiger partial charge in [0.1, 0.15) is 11.9 Å². The first-order chi connectivity index (χ1) is 9.90. The zero-order chi connectivity index (χ0) is 15.7. The van der Waals surface area contributed by atoms with Gasteiger partial charge >= 0.3 is 5.97 Å². The standard InChI is InChI=1S/C14H11BrFN3O2/c1-7-3-9(15)4-10(11(7)16)19-6-8(5-17)12(18)13(19)14(20)21-2/h3-4,6H,18H2,1-2H3. The van der Waals surface area contributed by atoms with Gasteiger partial charge in [-0.05, 0) is 24.6 Å². The maximum atomic E-state index is 14.3. The van der Waals surface area contributed by atoms with E-state index in [1.807, 2.05) is 6.07 Å². The van der Waals surface area contributed by atoms with Crippen molar-refractivity contribution in [2.24, 2.45) is 0 Å². The van der Waals surface area contributed by atoms with E-state index in [2.05, 4.69) is 20.7 Å². The average Bonchev–Trinajstić information content (AvgIpc) is 2.78. The number of benzene rings is 1. The monoisotopic (exact) mass is 351 g/mol. The maximum Gasteiger partial charge on any atom is 0.357 e. The molecule has 0 aliphatic carbocycles. The van der Waals surface area contributed by atoms with Gasteiger partial charge in [-0.15, -0.1) is 0 Å². The number of aromatic nitrogens is 1. The third kappa shape index (κ3) is 2.50. The van der Waals surface area contributed by atoms with E-state index in [1.54, 1.807) is 13.0 Å². The number of hydrogen-bond acceptors (Lipinski definition) is 4. The van der Waals surface area contributed by atoms with Crippen LogP contribution in [-0.4, -0.2) is 17.6 Å². The fourth-order valence-electron chi connectivity index (χ4n) is 1.99. The molecule has 0 spiro atoms. The van der Waals surface area contributed by atoms with Gasteiger partial charge in [0, 0.05) is 10.7 Å². The van der Waals surface area contributed by atoms with Crippen LogP contribution in [-0.2, 0) is 4.74 Å². The van der Waals surface area contributed by atoms with Crippen molar-refractivity contribution in [2.75, 3.05) is 12.8 Å². The Balaban J connectivity index is 2.82. The lowest BCUT2D eigenvalue weighted by Crippen LogP contribution is -2.12. The van der Waals surface area contributed by atoms with Gasteiger partial charge in [-0.3, -0.25) is 0 Å². The number of nitriles is 1. The zero-order valence-electron chi connectivity index (χ0n) is 11.3. The Bertz CT molecular complexity index is 778. The number of nitrogens with zero attached hydrogens (tertiary/aromatic N) is 2. The molecule has 1 aromatic carbocycles. The van der Waals surface area contributed by atoms with E-state index in [0.717, 1.165) is 0 Å². The smallest absolute Gasteiger partial charge is 0.357 e. The molecule has 0 aliphatic rings. The molecule has 2 rings (SSSR count). The SMILES string of the molecule is COC(=O)c1c(N)c(C#N)cn1-c1cc(Br)cc(C)c1F. The maximum absolute atomic E-state index is 14.3. The van der Waals surface area contributed by atoms with Crippen molar-refractivity contribution in [3.8, 4) is 11.8 Å². The second kappa shape index (κ2) is 5.58. The number of anilines is 1. The van der Waals surface area contributed by atoms with Crippen molar-refractivity contribution in [3.63, 3.8) is 0 Å². The predicted octanol–water partition coefficient (Wildman–Crippen LogP) is 2.93. The van der Waals surface area contributed by atoms with E-state index in [9.17, 15) is 9.18 Å². The summed E-state index contributed by atoms with van der Waals surface area (Å²) in [7, 11) is 1.19. The highest BCUT2D eigenvalue weighted by Crippen LogP contribution is 2.29. The van der Waals surface area contributed by atoms with E-state index in [0.29, 0.717) is 10.0 Å². The Morgan fingerprint density at radius 2 is 2.19 bits per heavy atom. The van der Waals surface area contributed by atoms with Gasteiger partial charge in [-0.25, -0.2) is 9.18 Å². The number of hydrogen-bond donors (Lipinski definition) is 1. The van der Waals surface area contributed by atoms with Gasteiger partial charge in [0.05, 0.1) is 24.0 Å². The van der Waals surface area contributed by atoms with Crippen molar-refractivity contribution in [1.82, 2.24) is 4.57 Å². The number of methoxy groups -OCH3 is 1. The first-order valence-corrected chi connectivity index (χ1v) is 6.65. The summed E-state index contributed by atoms with van der Waals surface area (Å²) in [5.74, 6) is -1.26. The van der Waals surface area contributed by atoms with E-state index in [1.165, 1.54) is 23.9 Å². The molecule has 0 bridgehead atoms. The highest BCUT2D eigenvalue weighted by Gasteiger charge is 2.23. The Labute approximate surface area is 128 Å². The molecule has 0 fully saturated rings. The lowest BCUT2D eigenvalue weighted by atomic mass is 10.2. The van der Waals surface area contributed by atoms with Gasteiger partial charge < -0.3 is 15.0 Å². The third-order valence-electron chi connectivity index (χ3n) is 3.00. The number of nitrogen functional groups attached to an aromatic ring is 1. The molecule has 1 heterocycles. The summed E-state index contributed by atoms with van der Waals surface area (Å²) < 4.78 is 20.9. The minimum atomic E-state index is -0.744. The fourth-order valence-corrected chi connectivity index (χ4v) is 2.55. The molecule has 0 saturated carbocycles. The molecular weight excluding hydrogens is 341 g/mol. The van der Waals surface area contributed by atoms with Gasteiger partial charge in [0.15, 0.2) is 5.69 Å². The second-order valence-corrected chi connectivity index (χ2v) is 5.25. The first kappa shape index (κ1) is 15.1. The molecule has 0 amide bonds. The fraction of sp³-hybridized carbons (Fsp3) is 0.143. The second-order valence-electron chi connectivity index (χ2n) is 4.33. The minimum absolute atomic E-state index is 0.0404. The number of carbonyl (C=O) groups excluding carboxylic acids is 1. The Morgan fingerprint density at radius 1 is 1.52 bits per heavy atom. The van der Waals surface area contributed by atoms with Crippen molar-refractivity contribution in [3.05, 3.63) is 45.4 Å². The van der Waals surface area contributed by atoms with E-state index < -0.39 is 11.8 Å². The number of carbonyl (C=O) groups is 1. The molecule has 0 saturated heterocycles. The van der Waals surface area contributed by atoms with E-state index >= 15 is 0 Å². The average molecular weight is 352 g/mol. The molecule has 7 heteroatoms. The molecule has 2 aromatic rings. The third-order valence-corrected chi connectivity index (χ3v) is 3.46. The van der Waals surface area contributed by atoms with Crippen LogP contribution in [0.4, 0.5) is 10.1 Å². The summed E-state index contributed by atoms with van der Waals surface area (Å²) in [4.78, 5) is 11.9. The largest absolute Gasteiger partial charge is 0.464 e. The number of rotatable bonds is 2. The Kier molecular flexibility index (Phi) is 4.00. The van der Waals surface area contributed by atoms with Gasteiger partial charge in [0.2, 0.25) is 0 Å². The van der Waals surface area contributed by atoms with Crippen LogP contribution in [0.2, 0.25) is 0 Å². The molecule has 1 aromatic heterocycles. The highest BCUT2D eigenvalue weighted by atomic mass is 79.9. The van der Waals surface area contributed by atoms with Crippen LogP contribution >= 0.6 is 15.9 Å². The summed E-state index contributed by atoms with van der Waals surface area (Å²) in [5, 5.41) is 9.04. The van der Waals surface area contributed by atoms with Gasteiger partial charge in [-0.2, -0.15) is 5.26 Å². The Morgan fingerprint density at radius 3 is 2.76 bits per heavy atom. The molecule has 21 heavy (non-hydrogen) atoms. The van der Waals surface area contributed by atoms with Crippen LogP contribution in [0.15, 0.2) is 22.8 Å².